The molecule has 0 saturated carbocycles. The lowest BCUT2D eigenvalue weighted by Crippen LogP contribution is -2.20. The zero-order valence-electron chi connectivity index (χ0n) is 21.2. The minimum atomic E-state index is -4.58. The Balaban J connectivity index is 1.73. The maximum Gasteiger partial charge on any atom is 0.416 e. The lowest BCUT2D eigenvalue weighted by molar-refractivity contribution is -0.149. The summed E-state index contributed by atoms with van der Waals surface area (Å²) in [5, 5.41) is 4.52. The van der Waals surface area contributed by atoms with E-state index in [0.29, 0.717) is 16.8 Å². The number of rotatable bonds is 8. The molecule has 0 aliphatic rings. The van der Waals surface area contributed by atoms with Crippen LogP contribution in [-0.4, -0.2) is 41.7 Å². The Labute approximate surface area is 221 Å². The van der Waals surface area contributed by atoms with Crippen LogP contribution in [0.2, 0.25) is 0 Å². The molecule has 0 radical (unpaired) electrons. The monoisotopic (exact) mass is 539 g/mol. The Hall–Kier alpha value is -4.67. The molecule has 39 heavy (non-hydrogen) atoms. The molecule has 202 valence electrons. The average molecular weight is 540 g/mol. The molecule has 8 nitrogen and oxygen atoms in total. The first-order chi connectivity index (χ1) is 18.6. The summed E-state index contributed by atoms with van der Waals surface area (Å²) in [6.07, 6.45) is -3.52. The number of hydrogen-bond acceptors (Lipinski definition) is 7. The first kappa shape index (κ1) is 27.4. The number of esters is 1. The smallest absolute Gasteiger partial charge is 0.416 e. The van der Waals surface area contributed by atoms with Crippen molar-refractivity contribution < 1.29 is 32.2 Å². The number of ether oxygens (including phenoxy) is 3. The molecule has 0 atom stereocenters. The molecule has 1 aromatic heterocycles. The standard InChI is InChI=1S/C28H24F3N3O5/c1-17(2)39-25(35)16-38-23-12-11-18(13-24(23)37-3)15-32-34-26(19-7-6-8-20(14-19)28(29,30)31)33-22-10-5-4-9-21(22)27(34)36/h4-15,17H,16H2,1-3H3. The van der Waals surface area contributed by atoms with Crippen LogP contribution in [0, 0.1) is 0 Å². The van der Waals surface area contributed by atoms with Crippen LogP contribution < -0.4 is 15.0 Å². The van der Waals surface area contributed by atoms with Gasteiger partial charge in [-0.05, 0) is 61.9 Å². The number of halogens is 3. The first-order valence-corrected chi connectivity index (χ1v) is 11.8. The number of alkyl halides is 3. The number of aromatic nitrogens is 2. The molecule has 11 heteroatoms. The lowest BCUT2D eigenvalue weighted by atomic mass is 10.1. The number of benzene rings is 3. The second kappa shape index (κ2) is 11.4. The summed E-state index contributed by atoms with van der Waals surface area (Å²) in [4.78, 5) is 29.6. The summed E-state index contributed by atoms with van der Waals surface area (Å²) in [7, 11) is 1.42. The zero-order chi connectivity index (χ0) is 28.2. The van der Waals surface area contributed by atoms with Gasteiger partial charge in [-0.3, -0.25) is 4.79 Å². The Bertz CT molecular complexity index is 1600. The zero-order valence-corrected chi connectivity index (χ0v) is 21.2. The van der Waals surface area contributed by atoms with Gasteiger partial charge in [0.2, 0.25) is 0 Å². The second-order valence-corrected chi connectivity index (χ2v) is 8.63. The summed E-state index contributed by atoms with van der Waals surface area (Å²) in [6.45, 7) is 3.13. The molecule has 0 N–H and O–H groups in total. The highest BCUT2D eigenvalue weighted by Gasteiger charge is 2.31. The molecule has 0 spiro atoms. The van der Waals surface area contributed by atoms with Crippen molar-refractivity contribution in [2.75, 3.05) is 13.7 Å². The summed E-state index contributed by atoms with van der Waals surface area (Å²) < 4.78 is 57.0. The normalized spacial score (nSPS) is 11.8. The van der Waals surface area contributed by atoms with E-state index in [1.54, 1.807) is 56.3 Å². The van der Waals surface area contributed by atoms with Gasteiger partial charge >= 0.3 is 12.1 Å². The van der Waals surface area contributed by atoms with Gasteiger partial charge in [-0.2, -0.15) is 22.9 Å². The summed E-state index contributed by atoms with van der Waals surface area (Å²) >= 11 is 0. The molecule has 4 rings (SSSR count). The largest absolute Gasteiger partial charge is 0.493 e. The molecular weight excluding hydrogens is 515 g/mol. The third kappa shape index (κ3) is 6.43. The van der Waals surface area contributed by atoms with E-state index in [2.05, 4.69) is 10.1 Å². The van der Waals surface area contributed by atoms with Crippen molar-refractivity contribution >= 4 is 23.1 Å². The van der Waals surface area contributed by atoms with E-state index in [0.717, 1.165) is 16.8 Å². The second-order valence-electron chi connectivity index (χ2n) is 8.63. The summed E-state index contributed by atoms with van der Waals surface area (Å²) in [5.41, 5.74) is -0.561. The van der Waals surface area contributed by atoms with Crippen molar-refractivity contribution in [3.05, 3.63) is 88.2 Å². The topological polar surface area (TPSA) is 92.0 Å². The molecule has 1 heterocycles. The van der Waals surface area contributed by atoms with E-state index >= 15 is 0 Å². The molecule has 0 aliphatic carbocycles. The van der Waals surface area contributed by atoms with E-state index in [1.165, 1.54) is 25.5 Å². The van der Waals surface area contributed by atoms with Crippen LogP contribution >= 0.6 is 0 Å². The Morgan fingerprint density at radius 1 is 1.05 bits per heavy atom. The predicted molar refractivity (Wildman–Crippen MR) is 139 cm³/mol. The molecule has 4 aromatic rings. The third-order valence-electron chi connectivity index (χ3n) is 5.42. The maximum atomic E-state index is 13.4. The van der Waals surface area contributed by atoms with Crippen LogP contribution in [0.15, 0.2) is 76.6 Å². The third-order valence-corrected chi connectivity index (χ3v) is 5.42. The van der Waals surface area contributed by atoms with Crippen molar-refractivity contribution in [1.29, 1.82) is 0 Å². The van der Waals surface area contributed by atoms with Gasteiger partial charge in [0.05, 0.1) is 35.9 Å². The highest BCUT2D eigenvalue weighted by molar-refractivity contribution is 5.83. The number of carbonyl (C=O) groups excluding carboxylic acids is 1. The number of nitrogens with zero attached hydrogens (tertiary/aromatic N) is 3. The SMILES string of the molecule is COc1cc(C=Nn2c(-c3cccc(C(F)(F)F)c3)nc3ccccc3c2=O)ccc1OCC(=O)OC(C)C. The molecular formula is C28H24F3N3O5. The van der Waals surface area contributed by atoms with Crippen molar-refractivity contribution in [3.8, 4) is 22.9 Å². The van der Waals surface area contributed by atoms with E-state index < -0.39 is 23.3 Å². The fraction of sp³-hybridized carbons (Fsp3) is 0.214. The van der Waals surface area contributed by atoms with Crippen LogP contribution in [0.3, 0.4) is 0 Å². The molecule has 0 fully saturated rings. The highest BCUT2D eigenvalue weighted by Crippen LogP contribution is 2.32. The van der Waals surface area contributed by atoms with Crippen molar-refractivity contribution in [3.63, 3.8) is 0 Å². The molecule has 0 unspecified atom stereocenters. The van der Waals surface area contributed by atoms with Crippen LogP contribution in [-0.2, 0) is 15.7 Å². The maximum absolute atomic E-state index is 13.4. The minimum Gasteiger partial charge on any atom is -0.493 e. The number of methoxy groups -OCH3 is 1. The number of hydrogen-bond donors (Lipinski definition) is 0. The highest BCUT2D eigenvalue weighted by atomic mass is 19.4. The minimum absolute atomic E-state index is 0.0587. The van der Waals surface area contributed by atoms with Crippen molar-refractivity contribution in [2.45, 2.75) is 26.1 Å². The number of para-hydroxylation sites is 1. The van der Waals surface area contributed by atoms with Gasteiger partial charge in [0.25, 0.3) is 5.56 Å². The van der Waals surface area contributed by atoms with Gasteiger partial charge in [0.15, 0.2) is 23.9 Å². The lowest BCUT2D eigenvalue weighted by Gasteiger charge is -2.13. The summed E-state index contributed by atoms with van der Waals surface area (Å²) in [5.74, 6) is -0.0254. The molecule has 0 aliphatic heterocycles. The van der Waals surface area contributed by atoms with Gasteiger partial charge in [-0.15, -0.1) is 0 Å². The fourth-order valence-electron chi connectivity index (χ4n) is 3.69. The molecule has 0 bridgehead atoms. The molecule has 0 amide bonds. The predicted octanol–water partition coefficient (Wildman–Crippen LogP) is 5.30. The number of carbonyl (C=O) groups is 1. The van der Waals surface area contributed by atoms with E-state index in [-0.39, 0.29) is 35.2 Å². The quantitative estimate of drug-likeness (QED) is 0.223. The fourth-order valence-corrected chi connectivity index (χ4v) is 3.69. The Morgan fingerprint density at radius 2 is 1.82 bits per heavy atom. The van der Waals surface area contributed by atoms with E-state index in [1.807, 2.05) is 0 Å². The Kier molecular flexibility index (Phi) is 7.99. The van der Waals surface area contributed by atoms with Crippen LogP contribution in [0.1, 0.15) is 25.0 Å². The summed E-state index contributed by atoms with van der Waals surface area (Å²) in [6, 6.07) is 15.8. The molecule has 0 saturated heterocycles. The van der Waals surface area contributed by atoms with Gasteiger partial charge in [0, 0.05) is 5.56 Å². The molecule has 3 aromatic carbocycles. The van der Waals surface area contributed by atoms with Gasteiger partial charge in [0.1, 0.15) is 0 Å². The van der Waals surface area contributed by atoms with Crippen LogP contribution in [0.4, 0.5) is 13.2 Å². The van der Waals surface area contributed by atoms with Crippen molar-refractivity contribution in [1.82, 2.24) is 9.66 Å². The van der Waals surface area contributed by atoms with Gasteiger partial charge < -0.3 is 14.2 Å². The average Bonchev–Trinajstić information content (AvgIpc) is 2.90. The van der Waals surface area contributed by atoms with Gasteiger partial charge in [-0.25, -0.2) is 9.78 Å². The Morgan fingerprint density at radius 3 is 2.54 bits per heavy atom. The van der Waals surface area contributed by atoms with Crippen LogP contribution in [0.5, 0.6) is 11.5 Å². The first-order valence-electron chi connectivity index (χ1n) is 11.8. The van der Waals surface area contributed by atoms with Crippen LogP contribution in [0.25, 0.3) is 22.3 Å². The number of fused-ring (bicyclic) bond motifs is 1. The van der Waals surface area contributed by atoms with Gasteiger partial charge in [-0.1, -0.05) is 24.3 Å². The van der Waals surface area contributed by atoms with E-state index in [9.17, 15) is 22.8 Å². The van der Waals surface area contributed by atoms with Crippen molar-refractivity contribution in [2.24, 2.45) is 5.10 Å². The van der Waals surface area contributed by atoms with E-state index in [4.69, 9.17) is 14.2 Å².